The highest BCUT2D eigenvalue weighted by molar-refractivity contribution is 7.85. The molecule has 1 atom stereocenters. The molecule has 0 fully saturated rings. The van der Waals surface area contributed by atoms with Gasteiger partial charge in [-0.15, -0.1) is 0 Å². The van der Waals surface area contributed by atoms with Gasteiger partial charge in [0.25, 0.3) is 10.1 Å². The lowest BCUT2D eigenvalue weighted by Gasteiger charge is -2.16. The number of benzene rings is 1. The van der Waals surface area contributed by atoms with Crippen LogP contribution in [0.25, 0.3) is 0 Å². The molecule has 5 nitrogen and oxygen atoms in total. The van der Waals surface area contributed by atoms with Crippen LogP contribution < -0.4 is 0 Å². The van der Waals surface area contributed by atoms with Gasteiger partial charge in [0.1, 0.15) is 0 Å². The second-order valence-electron chi connectivity index (χ2n) is 3.75. The maximum atomic E-state index is 11.2. The van der Waals surface area contributed by atoms with E-state index in [-0.39, 0.29) is 18.1 Å². The van der Waals surface area contributed by atoms with Crippen molar-refractivity contribution in [2.24, 2.45) is 0 Å². The summed E-state index contributed by atoms with van der Waals surface area (Å²) in [5.41, 5.74) is 1.26. The molecule has 0 aliphatic heterocycles. The molecule has 2 N–H and O–H groups in total. The molecule has 0 saturated heterocycles. The van der Waals surface area contributed by atoms with Crippen LogP contribution in [0.1, 0.15) is 24.2 Å². The molecule has 0 aromatic heterocycles. The number of aliphatic hydroxyl groups is 1. The van der Waals surface area contributed by atoms with Crippen LogP contribution in [-0.4, -0.2) is 31.3 Å². The summed E-state index contributed by atoms with van der Waals surface area (Å²) >= 11 is 0. The van der Waals surface area contributed by atoms with E-state index in [0.717, 1.165) is 5.56 Å². The zero-order chi connectivity index (χ0) is 13.1. The minimum atomic E-state index is -4.26. The van der Waals surface area contributed by atoms with Gasteiger partial charge in [-0.3, -0.25) is 4.55 Å². The Kier molecular flexibility index (Phi) is 4.64. The Balaban J connectivity index is 3.16. The molecule has 0 heterocycles. The van der Waals surface area contributed by atoms with Crippen molar-refractivity contribution in [1.82, 2.24) is 0 Å². The smallest absolute Gasteiger partial charge is 0.294 e. The molecular formula is C11H16O5S. The molecule has 0 aliphatic carbocycles. The predicted molar refractivity (Wildman–Crippen MR) is 62.4 cm³/mol. The second-order valence-corrected chi connectivity index (χ2v) is 5.14. The molecule has 0 spiro atoms. The van der Waals surface area contributed by atoms with E-state index in [4.69, 9.17) is 14.4 Å². The summed E-state index contributed by atoms with van der Waals surface area (Å²) in [7, 11) is -4.26. The number of aryl methyl sites for hydroxylation is 1. The van der Waals surface area contributed by atoms with Crippen molar-refractivity contribution in [3.05, 3.63) is 29.3 Å². The van der Waals surface area contributed by atoms with Gasteiger partial charge in [-0.2, -0.15) is 8.42 Å². The van der Waals surface area contributed by atoms with Crippen LogP contribution in [0.3, 0.4) is 0 Å². The van der Waals surface area contributed by atoms with E-state index >= 15 is 0 Å². The van der Waals surface area contributed by atoms with Gasteiger partial charge in [0.05, 0.1) is 24.2 Å². The molecular weight excluding hydrogens is 244 g/mol. The lowest BCUT2D eigenvalue weighted by Crippen LogP contribution is -2.10. The Morgan fingerprint density at radius 2 is 2.06 bits per heavy atom. The van der Waals surface area contributed by atoms with Crippen molar-refractivity contribution in [3.8, 4) is 0 Å². The van der Waals surface area contributed by atoms with Gasteiger partial charge >= 0.3 is 0 Å². The van der Waals surface area contributed by atoms with Crippen molar-refractivity contribution in [3.63, 3.8) is 0 Å². The highest BCUT2D eigenvalue weighted by Crippen LogP contribution is 2.25. The van der Waals surface area contributed by atoms with Crippen molar-refractivity contribution in [1.29, 1.82) is 0 Å². The first kappa shape index (κ1) is 14.1. The summed E-state index contributed by atoms with van der Waals surface area (Å²) in [6, 6.07) is 4.59. The molecule has 1 aromatic rings. The molecule has 0 saturated carbocycles. The third-order valence-electron chi connectivity index (χ3n) is 2.34. The zero-order valence-corrected chi connectivity index (χ0v) is 10.6. The number of ether oxygens (including phenoxy) is 1. The van der Waals surface area contributed by atoms with Crippen molar-refractivity contribution in [2.45, 2.75) is 24.8 Å². The fourth-order valence-electron chi connectivity index (χ4n) is 1.54. The standard InChI is InChI=1S/C11H16O5S/c1-8-3-4-11(17(13,14)15)10(7-8)9(2)16-6-5-12/h3-4,7,9,12H,5-6H2,1-2H3,(H,13,14,15). The predicted octanol–water partition coefficient (Wildman–Crippen LogP) is 1.31. The van der Waals surface area contributed by atoms with Gasteiger partial charge in [0.2, 0.25) is 0 Å². The van der Waals surface area contributed by atoms with E-state index in [9.17, 15) is 8.42 Å². The Morgan fingerprint density at radius 3 is 2.59 bits per heavy atom. The maximum absolute atomic E-state index is 11.2. The summed E-state index contributed by atoms with van der Waals surface area (Å²) in [5.74, 6) is 0. The highest BCUT2D eigenvalue weighted by atomic mass is 32.2. The maximum Gasteiger partial charge on any atom is 0.294 e. The van der Waals surface area contributed by atoms with E-state index < -0.39 is 16.2 Å². The van der Waals surface area contributed by atoms with E-state index in [1.807, 2.05) is 6.92 Å². The van der Waals surface area contributed by atoms with Crippen molar-refractivity contribution < 1.29 is 22.8 Å². The number of aliphatic hydroxyl groups excluding tert-OH is 1. The lowest BCUT2D eigenvalue weighted by molar-refractivity contribution is 0.0369. The largest absolute Gasteiger partial charge is 0.394 e. The number of rotatable bonds is 5. The molecule has 1 aromatic carbocycles. The van der Waals surface area contributed by atoms with Crippen LogP contribution in [0.15, 0.2) is 23.1 Å². The van der Waals surface area contributed by atoms with Crippen LogP contribution in [0, 0.1) is 6.92 Å². The second kappa shape index (κ2) is 5.59. The van der Waals surface area contributed by atoms with Gasteiger partial charge in [0, 0.05) is 5.56 Å². The van der Waals surface area contributed by atoms with E-state index in [2.05, 4.69) is 0 Å². The van der Waals surface area contributed by atoms with Crippen LogP contribution in [0.2, 0.25) is 0 Å². The molecule has 1 rings (SSSR count). The Bertz CT molecular complexity index is 481. The Labute approximate surface area is 101 Å². The minimum Gasteiger partial charge on any atom is -0.394 e. The molecule has 96 valence electrons. The average Bonchev–Trinajstić information content (AvgIpc) is 2.24. The first-order valence-corrected chi connectivity index (χ1v) is 6.60. The van der Waals surface area contributed by atoms with Gasteiger partial charge in [-0.1, -0.05) is 17.7 Å². The summed E-state index contributed by atoms with van der Waals surface area (Å²) in [6.07, 6.45) is -0.515. The quantitative estimate of drug-likeness (QED) is 0.780. The monoisotopic (exact) mass is 260 g/mol. The molecule has 0 radical (unpaired) electrons. The minimum absolute atomic E-state index is 0.111. The van der Waals surface area contributed by atoms with Crippen molar-refractivity contribution in [2.75, 3.05) is 13.2 Å². The SMILES string of the molecule is Cc1ccc(S(=O)(=O)O)c(C(C)OCCO)c1. The van der Waals surface area contributed by atoms with E-state index in [0.29, 0.717) is 5.56 Å². The molecule has 0 aliphatic rings. The topological polar surface area (TPSA) is 83.8 Å². The molecule has 6 heteroatoms. The highest BCUT2D eigenvalue weighted by Gasteiger charge is 2.19. The van der Waals surface area contributed by atoms with Gasteiger partial charge in [0.15, 0.2) is 0 Å². The first-order chi connectivity index (χ1) is 7.86. The zero-order valence-electron chi connectivity index (χ0n) is 9.75. The average molecular weight is 260 g/mol. The van der Waals surface area contributed by atoms with Crippen LogP contribution in [0.5, 0.6) is 0 Å². The third kappa shape index (κ3) is 3.78. The molecule has 17 heavy (non-hydrogen) atoms. The normalized spacial score (nSPS) is 13.6. The summed E-state index contributed by atoms with van der Waals surface area (Å²) in [4.78, 5) is -0.159. The molecule has 1 unspecified atom stereocenters. The summed E-state index contributed by atoms with van der Waals surface area (Å²) in [5, 5.41) is 8.65. The van der Waals surface area contributed by atoms with E-state index in [1.54, 1.807) is 19.1 Å². The van der Waals surface area contributed by atoms with Crippen LogP contribution in [0.4, 0.5) is 0 Å². The summed E-state index contributed by atoms with van der Waals surface area (Å²) < 4.78 is 36.7. The Hall–Kier alpha value is -0.950. The van der Waals surface area contributed by atoms with Gasteiger partial charge < -0.3 is 9.84 Å². The first-order valence-electron chi connectivity index (χ1n) is 5.16. The van der Waals surface area contributed by atoms with Crippen LogP contribution >= 0.6 is 0 Å². The van der Waals surface area contributed by atoms with Gasteiger partial charge in [-0.25, -0.2) is 0 Å². The number of hydrogen-bond donors (Lipinski definition) is 2. The fraction of sp³-hybridized carbons (Fsp3) is 0.455. The van der Waals surface area contributed by atoms with E-state index in [1.165, 1.54) is 6.07 Å². The molecule has 0 bridgehead atoms. The third-order valence-corrected chi connectivity index (χ3v) is 3.27. The van der Waals surface area contributed by atoms with Crippen molar-refractivity contribution >= 4 is 10.1 Å². The Morgan fingerprint density at radius 1 is 1.41 bits per heavy atom. The number of hydrogen-bond acceptors (Lipinski definition) is 4. The summed E-state index contributed by atoms with van der Waals surface area (Å²) in [6.45, 7) is 3.45. The fourth-order valence-corrected chi connectivity index (χ4v) is 2.30. The lowest BCUT2D eigenvalue weighted by atomic mass is 10.1. The molecule has 0 amide bonds. The van der Waals surface area contributed by atoms with Gasteiger partial charge in [-0.05, 0) is 19.9 Å². The van der Waals surface area contributed by atoms with Crippen LogP contribution in [-0.2, 0) is 14.9 Å².